The Labute approximate surface area is 102 Å². The van der Waals surface area contributed by atoms with Crippen LogP contribution in [0.2, 0.25) is 0 Å². The van der Waals surface area contributed by atoms with E-state index in [4.69, 9.17) is 9.47 Å². The number of carbonyl (C=O) groups is 2. The number of hydrogen-bond donors (Lipinski definition) is 1. The quantitative estimate of drug-likeness (QED) is 0.592. The zero-order chi connectivity index (χ0) is 12.5. The lowest BCUT2D eigenvalue weighted by Gasteiger charge is -2.14. The van der Waals surface area contributed by atoms with Gasteiger partial charge in [-0.25, -0.2) is 4.79 Å². The van der Waals surface area contributed by atoms with Crippen LogP contribution in [0.25, 0.3) is 0 Å². The van der Waals surface area contributed by atoms with Crippen LogP contribution in [0.5, 0.6) is 0 Å². The van der Waals surface area contributed by atoms with E-state index < -0.39 is 6.16 Å². The average molecular weight is 243 g/mol. The molecule has 0 radical (unpaired) electrons. The highest BCUT2D eigenvalue weighted by Crippen LogP contribution is 2.09. The summed E-state index contributed by atoms with van der Waals surface area (Å²) < 4.78 is 10.1. The second kappa shape index (κ2) is 7.92. The molecule has 0 aliphatic carbocycles. The van der Waals surface area contributed by atoms with Crippen molar-refractivity contribution in [2.75, 3.05) is 13.2 Å². The van der Waals surface area contributed by atoms with Crippen LogP contribution in [0, 0.1) is 0 Å². The molecule has 0 spiro atoms. The zero-order valence-electron chi connectivity index (χ0n) is 10.4. The predicted molar refractivity (Wildman–Crippen MR) is 62.6 cm³/mol. The molecule has 1 N–H and O–H groups in total. The SMILES string of the molecule is CCCCCOC(=O)O[C@@H]1CCCC(=O)NC1. The Kier molecular flexibility index (Phi) is 6.43. The van der Waals surface area contributed by atoms with Crippen molar-refractivity contribution in [1.29, 1.82) is 0 Å². The summed E-state index contributed by atoms with van der Waals surface area (Å²) >= 11 is 0. The molecule has 0 aromatic carbocycles. The van der Waals surface area contributed by atoms with Gasteiger partial charge in [0.2, 0.25) is 5.91 Å². The Morgan fingerprint density at radius 1 is 1.47 bits per heavy atom. The zero-order valence-corrected chi connectivity index (χ0v) is 10.4. The van der Waals surface area contributed by atoms with Crippen LogP contribution >= 0.6 is 0 Å². The lowest BCUT2D eigenvalue weighted by atomic mass is 10.2. The van der Waals surface area contributed by atoms with Crippen LogP contribution in [-0.4, -0.2) is 31.3 Å². The molecule has 0 saturated carbocycles. The molecule has 0 unspecified atom stereocenters. The number of nitrogens with one attached hydrogen (secondary N) is 1. The van der Waals surface area contributed by atoms with Gasteiger partial charge in [-0.3, -0.25) is 4.79 Å². The van der Waals surface area contributed by atoms with Crippen molar-refractivity contribution in [2.45, 2.75) is 51.6 Å². The van der Waals surface area contributed by atoms with Gasteiger partial charge in [0.25, 0.3) is 0 Å². The van der Waals surface area contributed by atoms with Crippen LogP contribution in [0.1, 0.15) is 45.4 Å². The molecule has 0 aromatic heterocycles. The van der Waals surface area contributed by atoms with Gasteiger partial charge in [-0.05, 0) is 19.3 Å². The van der Waals surface area contributed by atoms with Gasteiger partial charge in [-0.2, -0.15) is 0 Å². The first kappa shape index (κ1) is 13.8. The number of hydrogen-bond acceptors (Lipinski definition) is 4. The van der Waals surface area contributed by atoms with Gasteiger partial charge in [-0.15, -0.1) is 0 Å². The molecular formula is C12H21NO4. The van der Waals surface area contributed by atoms with Crippen molar-refractivity contribution in [3.63, 3.8) is 0 Å². The Morgan fingerprint density at radius 3 is 3.06 bits per heavy atom. The van der Waals surface area contributed by atoms with E-state index in [2.05, 4.69) is 12.2 Å². The normalized spacial score (nSPS) is 20.3. The molecule has 5 heteroatoms. The topological polar surface area (TPSA) is 64.6 Å². The molecule has 1 heterocycles. The van der Waals surface area contributed by atoms with Crippen LogP contribution in [0.3, 0.4) is 0 Å². The van der Waals surface area contributed by atoms with E-state index in [0.29, 0.717) is 26.0 Å². The van der Waals surface area contributed by atoms with Crippen molar-refractivity contribution in [3.05, 3.63) is 0 Å². The summed E-state index contributed by atoms with van der Waals surface area (Å²) in [4.78, 5) is 22.4. The summed E-state index contributed by atoms with van der Waals surface area (Å²) in [5, 5.41) is 2.70. The fourth-order valence-corrected chi connectivity index (χ4v) is 1.69. The second-order valence-corrected chi connectivity index (χ2v) is 4.24. The molecule has 1 saturated heterocycles. The molecule has 1 aliphatic heterocycles. The lowest BCUT2D eigenvalue weighted by molar-refractivity contribution is -0.121. The monoisotopic (exact) mass is 243 g/mol. The van der Waals surface area contributed by atoms with E-state index in [0.717, 1.165) is 25.7 Å². The van der Waals surface area contributed by atoms with Crippen LogP contribution in [0.4, 0.5) is 4.79 Å². The van der Waals surface area contributed by atoms with Crippen molar-refractivity contribution < 1.29 is 19.1 Å². The lowest BCUT2D eigenvalue weighted by Crippen LogP contribution is -2.32. The third kappa shape index (κ3) is 6.14. The van der Waals surface area contributed by atoms with E-state index in [1.807, 2.05) is 0 Å². The van der Waals surface area contributed by atoms with E-state index in [1.54, 1.807) is 0 Å². The van der Waals surface area contributed by atoms with Crippen molar-refractivity contribution in [1.82, 2.24) is 5.32 Å². The first-order valence-corrected chi connectivity index (χ1v) is 6.32. The first-order valence-electron chi connectivity index (χ1n) is 6.32. The van der Waals surface area contributed by atoms with E-state index in [1.165, 1.54) is 0 Å². The van der Waals surface area contributed by atoms with Gasteiger partial charge in [0.15, 0.2) is 0 Å². The number of ether oxygens (including phenoxy) is 2. The molecule has 0 bridgehead atoms. The minimum atomic E-state index is -0.623. The van der Waals surface area contributed by atoms with Gasteiger partial charge < -0.3 is 14.8 Å². The molecule has 17 heavy (non-hydrogen) atoms. The molecule has 1 rings (SSSR count). The summed E-state index contributed by atoms with van der Waals surface area (Å²) in [7, 11) is 0. The first-order chi connectivity index (χ1) is 8.22. The second-order valence-electron chi connectivity index (χ2n) is 4.24. The van der Waals surface area contributed by atoms with Gasteiger partial charge in [0, 0.05) is 6.42 Å². The highest BCUT2D eigenvalue weighted by atomic mass is 16.7. The number of carbonyl (C=O) groups excluding carboxylic acids is 2. The maximum atomic E-state index is 11.3. The number of unbranched alkanes of at least 4 members (excludes halogenated alkanes) is 2. The molecule has 98 valence electrons. The van der Waals surface area contributed by atoms with Crippen molar-refractivity contribution in [3.8, 4) is 0 Å². The van der Waals surface area contributed by atoms with Gasteiger partial charge >= 0.3 is 6.16 Å². The molecule has 1 atom stereocenters. The van der Waals surface area contributed by atoms with Crippen molar-refractivity contribution >= 4 is 12.1 Å². The summed E-state index contributed by atoms with van der Waals surface area (Å²) in [5.41, 5.74) is 0. The van der Waals surface area contributed by atoms with E-state index in [-0.39, 0.29) is 12.0 Å². The Morgan fingerprint density at radius 2 is 2.29 bits per heavy atom. The standard InChI is InChI=1S/C12H21NO4/c1-2-3-4-8-16-12(15)17-10-6-5-7-11(14)13-9-10/h10H,2-9H2,1H3,(H,13,14)/t10-/m1/s1. The van der Waals surface area contributed by atoms with Crippen LogP contribution in [0.15, 0.2) is 0 Å². The maximum absolute atomic E-state index is 11.3. The summed E-state index contributed by atoms with van der Waals surface area (Å²) in [6, 6.07) is 0. The van der Waals surface area contributed by atoms with E-state index >= 15 is 0 Å². The Bertz CT molecular complexity index is 255. The fourth-order valence-electron chi connectivity index (χ4n) is 1.69. The summed E-state index contributed by atoms with van der Waals surface area (Å²) in [5.74, 6) is 0.0208. The van der Waals surface area contributed by atoms with Gasteiger partial charge in [0.05, 0.1) is 13.2 Å². The van der Waals surface area contributed by atoms with Gasteiger partial charge in [0.1, 0.15) is 6.10 Å². The van der Waals surface area contributed by atoms with E-state index in [9.17, 15) is 9.59 Å². The highest BCUT2D eigenvalue weighted by Gasteiger charge is 2.19. The largest absolute Gasteiger partial charge is 0.508 e. The van der Waals surface area contributed by atoms with Gasteiger partial charge in [-0.1, -0.05) is 19.8 Å². The smallest absolute Gasteiger partial charge is 0.434 e. The molecule has 0 aromatic rings. The molecule has 1 aliphatic rings. The Hall–Kier alpha value is -1.26. The summed E-state index contributed by atoms with van der Waals surface area (Å²) in [6.45, 7) is 2.89. The number of rotatable bonds is 5. The Balaban J connectivity index is 2.14. The minimum Gasteiger partial charge on any atom is -0.434 e. The average Bonchev–Trinajstić information content (AvgIpc) is 2.50. The molecule has 5 nitrogen and oxygen atoms in total. The molecular weight excluding hydrogens is 222 g/mol. The highest BCUT2D eigenvalue weighted by molar-refractivity contribution is 5.76. The van der Waals surface area contributed by atoms with Crippen molar-refractivity contribution in [2.24, 2.45) is 0 Å². The molecule has 1 fully saturated rings. The molecule has 1 amide bonds. The third-order valence-corrected chi connectivity index (χ3v) is 2.69. The van der Waals surface area contributed by atoms with Crippen LogP contribution < -0.4 is 5.32 Å². The summed E-state index contributed by atoms with van der Waals surface area (Å²) in [6.07, 6.45) is 4.10. The number of amides is 1. The fraction of sp³-hybridized carbons (Fsp3) is 0.833. The third-order valence-electron chi connectivity index (χ3n) is 2.69. The predicted octanol–water partition coefficient (Wildman–Crippen LogP) is 2.00. The maximum Gasteiger partial charge on any atom is 0.508 e. The minimum absolute atomic E-state index is 0.0208. The van der Waals surface area contributed by atoms with Crippen LogP contribution in [-0.2, 0) is 14.3 Å².